The van der Waals surface area contributed by atoms with Gasteiger partial charge in [0.25, 0.3) is 0 Å². The lowest BCUT2D eigenvalue weighted by Crippen LogP contribution is -2.56. The number of hydrogen-bond donors (Lipinski definition) is 4. The molecule has 10 heteroatoms. The molecule has 4 amide bonds. The lowest BCUT2D eigenvalue weighted by molar-refractivity contribution is -0.144. The summed E-state index contributed by atoms with van der Waals surface area (Å²) in [6, 6.07) is -3.54. The fourth-order valence-electron chi connectivity index (χ4n) is 5.06. The van der Waals surface area contributed by atoms with Gasteiger partial charge in [-0.3, -0.25) is 24.0 Å². The third kappa shape index (κ3) is 15.4. The van der Waals surface area contributed by atoms with Crippen LogP contribution in [-0.2, 0) is 24.0 Å². The number of amides is 4. The normalized spacial score (nSPS) is 17.0. The average Bonchev–Trinajstić information content (AvgIpc) is 3.44. The molecule has 0 saturated carbocycles. The molecule has 0 radical (unpaired) electrons. The molecule has 10 nitrogen and oxygen atoms in total. The predicted molar refractivity (Wildman–Crippen MR) is 165 cm³/mol. The average molecular weight is 593 g/mol. The lowest BCUT2D eigenvalue weighted by atomic mass is 10.1. The molecule has 1 saturated heterocycles. The molecule has 1 rings (SSSR count). The molecule has 1 aliphatic rings. The van der Waals surface area contributed by atoms with E-state index in [4.69, 9.17) is 5.11 Å². The van der Waals surface area contributed by atoms with Crippen LogP contribution in [0.25, 0.3) is 0 Å². The van der Waals surface area contributed by atoms with E-state index in [0.29, 0.717) is 25.8 Å². The predicted octanol–water partition coefficient (Wildman–Crippen LogP) is 4.61. The SMILES string of the molecule is CCCCCCCC/C=C\CCCCCCCC(=O)N[C@@H](C)C(=O)N[C@@H](C)C(=O)N1CCC[C@H]1C(=O)N[C@@H](C)C(=O)O. The van der Waals surface area contributed by atoms with E-state index in [1.807, 2.05) is 0 Å². The van der Waals surface area contributed by atoms with Crippen LogP contribution >= 0.6 is 0 Å². The van der Waals surface area contributed by atoms with Gasteiger partial charge in [-0.15, -0.1) is 0 Å². The second-order valence-corrected chi connectivity index (χ2v) is 11.6. The van der Waals surface area contributed by atoms with Crippen molar-refractivity contribution in [3.05, 3.63) is 12.2 Å². The highest BCUT2D eigenvalue weighted by molar-refractivity contribution is 5.95. The van der Waals surface area contributed by atoms with Gasteiger partial charge in [-0.2, -0.15) is 0 Å². The minimum absolute atomic E-state index is 0.196. The molecule has 0 aromatic rings. The first-order valence-electron chi connectivity index (χ1n) is 16.2. The summed E-state index contributed by atoms with van der Waals surface area (Å²) >= 11 is 0. The highest BCUT2D eigenvalue weighted by Crippen LogP contribution is 2.19. The van der Waals surface area contributed by atoms with Gasteiger partial charge in [0.1, 0.15) is 24.2 Å². The van der Waals surface area contributed by atoms with E-state index in [-0.39, 0.29) is 5.91 Å². The third-order valence-corrected chi connectivity index (χ3v) is 7.73. The molecule has 0 aromatic heterocycles. The Morgan fingerprint density at radius 3 is 1.93 bits per heavy atom. The summed E-state index contributed by atoms with van der Waals surface area (Å²) in [6.07, 6.45) is 21.4. The fourth-order valence-corrected chi connectivity index (χ4v) is 5.06. The summed E-state index contributed by atoms with van der Waals surface area (Å²) < 4.78 is 0. The molecule has 1 aliphatic heterocycles. The number of nitrogens with one attached hydrogen (secondary N) is 3. The third-order valence-electron chi connectivity index (χ3n) is 7.73. The van der Waals surface area contributed by atoms with Crippen molar-refractivity contribution in [3.63, 3.8) is 0 Å². The van der Waals surface area contributed by atoms with Crippen LogP contribution in [0.15, 0.2) is 12.2 Å². The Bertz CT molecular complexity index is 877. The number of rotatable bonds is 22. The second kappa shape index (κ2) is 21.7. The van der Waals surface area contributed by atoms with Gasteiger partial charge in [-0.25, -0.2) is 0 Å². The first-order valence-corrected chi connectivity index (χ1v) is 16.2. The highest BCUT2D eigenvalue weighted by Gasteiger charge is 2.37. The number of carboxylic acid groups (broad SMARTS) is 1. The quantitative estimate of drug-likeness (QED) is 0.107. The van der Waals surface area contributed by atoms with E-state index in [1.54, 1.807) is 6.92 Å². The van der Waals surface area contributed by atoms with Crippen molar-refractivity contribution in [2.24, 2.45) is 0 Å². The molecule has 240 valence electrons. The van der Waals surface area contributed by atoms with Gasteiger partial charge in [0.05, 0.1) is 0 Å². The van der Waals surface area contributed by atoms with Gasteiger partial charge in [0.15, 0.2) is 0 Å². The number of aliphatic carboxylic acids is 1. The summed E-state index contributed by atoms with van der Waals surface area (Å²) in [4.78, 5) is 62.8. The molecule has 42 heavy (non-hydrogen) atoms. The van der Waals surface area contributed by atoms with Crippen LogP contribution in [0.1, 0.15) is 130 Å². The van der Waals surface area contributed by atoms with Gasteiger partial charge in [-0.05, 0) is 65.7 Å². The van der Waals surface area contributed by atoms with Crippen LogP contribution in [0.2, 0.25) is 0 Å². The number of carbonyl (C=O) groups is 5. The number of carboxylic acids is 1. The first kappa shape index (κ1) is 37.1. The second-order valence-electron chi connectivity index (χ2n) is 11.6. The van der Waals surface area contributed by atoms with E-state index in [9.17, 15) is 24.0 Å². The minimum Gasteiger partial charge on any atom is -0.480 e. The van der Waals surface area contributed by atoms with Gasteiger partial charge >= 0.3 is 5.97 Å². The molecule has 1 fully saturated rings. The fraction of sp³-hybridized carbons (Fsp3) is 0.781. The zero-order chi connectivity index (χ0) is 31.3. The number of hydrogen-bond acceptors (Lipinski definition) is 5. The minimum atomic E-state index is -1.16. The highest BCUT2D eigenvalue weighted by atomic mass is 16.4. The molecular formula is C32H56N4O6. The number of nitrogens with zero attached hydrogens (tertiary/aromatic N) is 1. The molecule has 4 N–H and O–H groups in total. The molecule has 0 spiro atoms. The summed E-state index contributed by atoms with van der Waals surface area (Å²) in [5.74, 6) is -2.78. The Labute approximate surface area is 252 Å². The maximum atomic E-state index is 13.0. The van der Waals surface area contributed by atoms with Crippen molar-refractivity contribution >= 4 is 29.6 Å². The monoisotopic (exact) mass is 592 g/mol. The van der Waals surface area contributed by atoms with Crippen molar-refractivity contribution in [3.8, 4) is 0 Å². The topological polar surface area (TPSA) is 145 Å². The van der Waals surface area contributed by atoms with E-state index in [0.717, 1.165) is 38.5 Å². The van der Waals surface area contributed by atoms with Crippen LogP contribution in [-0.4, -0.2) is 70.3 Å². The number of likely N-dealkylation sites (tertiary alicyclic amines) is 1. The maximum Gasteiger partial charge on any atom is 0.325 e. The number of carbonyl (C=O) groups excluding carboxylic acids is 4. The largest absolute Gasteiger partial charge is 0.480 e. The van der Waals surface area contributed by atoms with Crippen LogP contribution in [0, 0.1) is 0 Å². The van der Waals surface area contributed by atoms with Crippen molar-refractivity contribution in [2.45, 2.75) is 155 Å². The Morgan fingerprint density at radius 1 is 0.762 bits per heavy atom. The van der Waals surface area contributed by atoms with Crippen LogP contribution in [0.5, 0.6) is 0 Å². The molecule has 0 aromatic carbocycles. The van der Waals surface area contributed by atoms with Crippen molar-refractivity contribution in [2.75, 3.05) is 6.54 Å². The Hall–Kier alpha value is -2.91. The standard InChI is InChI=1S/C32H56N4O6/c1-5-6-7-8-9-10-11-12-13-14-15-16-17-18-19-22-28(37)33-24(2)29(38)34-25(3)31(40)36-23-20-21-27(36)30(39)35-26(4)32(41)42/h12-13,24-27H,5-11,14-23H2,1-4H3,(H,33,37)(H,34,38)(H,35,39)(H,41,42)/b13-12-/t24-,25-,26-,27-/m0/s1. The molecule has 0 aliphatic carbocycles. The summed E-state index contributed by atoms with van der Waals surface area (Å²) in [7, 11) is 0. The van der Waals surface area contributed by atoms with Gasteiger partial charge < -0.3 is 26.0 Å². The Morgan fingerprint density at radius 2 is 1.33 bits per heavy atom. The maximum absolute atomic E-state index is 13.0. The number of allylic oxidation sites excluding steroid dienone is 2. The molecule has 4 atom stereocenters. The van der Waals surface area contributed by atoms with E-state index in [1.165, 1.54) is 63.7 Å². The summed E-state index contributed by atoms with van der Waals surface area (Å²) in [6.45, 7) is 7.06. The molecular weight excluding hydrogens is 536 g/mol. The van der Waals surface area contributed by atoms with Crippen molar-refractivity contribution in [1.82, 2.24) is 20.9 Å². The van der Waals surface area contributed by atoms with Crippen LogP contribution in [0.3, 0.4) is 0 Å². The van der Waals surface area contributed by atoms with Crippen molar-refractivity contribution in [1.29, 1.82) is 0 Å². The summed E-state index contributed by atoms with van der Waals surface area (Å²) in [5.41, 5.74) is 0. The van der Waals surface area contributed by atoms with E-state index in [2.05, 4.69) is 35.0 Å². The number of unbranched alkanes of at least 4 members (excludes halogenated alkanes) is 11. The molecule has 1 heterocycles. The first-order chi connectivity index (χ1) is 20.1. The zero-order valence-corrected chi connectivity index (χ0v) is 26.4. The van der Waals surface area contributed by atoms with Gasteiger partial charge in [0.2, 0.25) is 23.6 Å². The van der Waals surface area contributed by atoms with E-state index < -0.39 is 47.9 Å². The van der Waals surface area contributed by atoms with Crippen LogP contribution < -0.4 is 16.0 Å². The Balaban J connectivity index is 2.21. The van der Waals surface area contributed by atoms with Gasteiger partial charge in [-0.1, -0.05) is 70.4 Å². The zero-order valence-electron chi connectivity index (χ0n) is 26.4. The van der Waals surface area contributed by atoms with Crippen LogP contribution in [0.4, 0.5) is 0 Å². The van der Waals surface area contributed by atoms with E-state index >= 15 is 0 Å². The Kier molecular flexibility index (Phi) is 19.2. The molecule has 0 bridgehead atoms. The lowest BCUT2D eigenvalue weighted by Gasteiger charge is -2.28. The van der Waals surface area contributed by atoms with Crippen molar-refractivity contribution < 1.29 is 29.1 Å². The van der Waals surface area contributed by atoms with Gasteiger partial charge in [0, 0.05) is 13.0 Å². The molecule has 0 unspecified atom stereocenters. The smallest absolute Gasteiger partial charge is 0.325 e. The summed E-state index contributed by atoms with van der Waals surface area (Å²) in [5, 5.41) is 16.8.